The number of pyridine rings is 1. The lowest BCUT2D eigenvalue weighted by Gasteiger charge is -2.29. The van der Waals surface area contributed by atoms with Crippen LogP contribution in [0.1, 0.15) is 36.3 Å². The Morgan fingerprint density at radius 2 is 1.97 bits per heavy atom. The summed E-state index contributed by atoms with van der Waals surface area (Å²) >= 11 is 1.45. The maximum absolute atomic E-state index is 12.9. The second-order valence-electron chi connectivity index (χ2n) is 7.12. The van der Waals surface area contributed by atoms with Crippen LogP contribution in [0.5, 0.6) is 0 Å². The summed E-state index contributed by atoms with van der Waals surface area (Å²) < 4.78 is 38.8. The standard InChI is InChI=1S/C19H20F3N5OS/c20-19(21,22)10-24-12-4-6-13(7-5-12)25-18(28)17-26-16(15-9-23-11-29-15)14-3-1-2-8-27(14)17/h1-3,8-9,11-13,24H,4-7,10H2,(H,25,28). The highest BCUT2D eigenvalue weighted by Crippen LogP contribution is 2.28. The first-order chi connectivity index (χ1) is 13.9. The predicted octanol–water partition coefficient (Wildman–Crippen LogP) is 3.65. The molecule has 0 aliphatic heterocycles. The van der Waals surface area contributed by atoms with Crippen LogP contribution < -0.4 is 10.6 Å². The summed E-state index contributed by atoms with van der Waals surface area (Å²) in [5.41, 5.74) is 3.24. The van der Waals surface area contributed by atoms with Crippen LogP contribution >= 0.6 is 11.3 Å². The van der Waals surface area contributed by atoms with Crippen LogP contribution in [0.3, 0.4) is 0 Å². The fourth-order valence-corrected chi connectivity index (χ4v) is 4.28. The minimum Gasteiger partial charge on any atom is -0.347 e. The highest BCUT2D eigenvalue weighted by atomic mass is 32.1. The molecular weight excluding hydrogens is 403 g/mol. The number of aromatic nitrogens is 3. The van der Waals surface area contributed by atoms with Crippen LogP contribution in [0.4, 0.5) is 13.2 Å². The fraction of sp³-hybridized carbons (Fsp3) is 0.421. The van der Waals surface area contributed by atoms with Crippen molar-refractivity contribution >= 4 is 22.8 Å². The van der Waals surface area contributed by atoms with E-state index in [0.717, 1.165) is 10.4 Å². The Hall–Kier alpha value is -2.46. The topological polar surface area (TPSA) is 71.3 Å². The molecule has 3 aromatic rings. The normalized spacial score (nSPS) is 20.1. The van der Waals surface area contributed by atoms with E-state index in [-0.39, 0.29) is 18.0 Å². The van der Waals surface area contributed by atoms with Gasteiger partial charge in [0.05, 0.1) is 22.4 Å². The van der Waals surface area contributed by atoms with Gasteiger partial charge in [-0.2, -0.15) is 13.2 Å². The summed E-state index contributed by atoms with van der Waals surface area (Å²) in [5.74, 6) is 0.00925. The molecule has 10 heteroatoms. The van der Waals surface area contributed by atoms with Crippen molar-refractivity contribution in [2.75, 3.05) is 6.54 Å². The zero-order chi connectivity index (χ0) is 20.4. The number of hydrogen-bond donors (Lipinski definition) is 2. The molecule has 29 heavy (non-hydrogen) atoms. The molecule has 154 valence electrons. The third-order valence-electron chi connectivity index (χ3n) is 5.07. The number of hydrogen-bond acceptors (Lipinski definition) is 5. The van der Waals surface area contributed by atoms with Crippen LogP contribution in [0.15, 0.2) is 36.1 Å². The van der Waals surface area contributed by atoms with Crippen molar-refractivity contribution in [1.29, 1.82) is 0 Å². The van der Waals surface area contributed by atoms with Crippen molar-refractivity contribution in [3.05, 3.63) is 41.9 Å². The summed E-state index contributed by atoms with van der Waals surface area (Å²) in [7, 11) is 0. The van der Waals surface area contributed by atoms with Gasteiger partial charge in [0.15, 0.2) is 0 Å². The van der Waals surface area contributed by atoms with Crippen LogP contribution in [-0.4, -0.2) is 45.1 Å². The Labute approximate surface area is 169 Å². The van der Waals surface area contributed by atoms with Crippen LogP contribution in [0.2, 0.25) is 0 Å². The van der Waals surface area contributed by atoms with Crippen molar-refractivity contribution in [3.8, 4) is 10.6 Å². The first-order valence-electron chi connectivity index (χ1n) is 9.37. The molecule has 1 amide bonds. The van der Waals surface area contributed by atoms with E-state index in [4.69, 9.17) is 0 Å². The number of nitrogens with zero attached hydrogens (tertiary/aromatic N) is 3. The van der Waals surface area contributed by atoms with E-state index >= 15 is 0 Å². The summed E-state index contributed by atoms with van der Waals surface area (Å²) in [4.78, 5) is 22.4. The van der Waals surface area contributed by atoms with E-state index in [1.807, 2.05) is 18.2 Å². The number of nitrogens with one attached hydrogen (secondary N) is 2. The van der Waals surface area contributed by atoms with Gasteiger partial charge in [0.2, 0.25) is 5.82 Å². The number of carbonyl (C=O) groups excluding carboxylic acids is 1. The lowest BCUT2D eigenvalue weighted by Crippen LogP contribution is -2.44. The van der Waals surface area contributed by atoms with Crippen molar-refractivity contribution in [1.82, 2.24) is 25.0 Å². The third-order valence-corrected chi connectivity index (χ3v) is 5.85. The average molecular weight is 423 g/mol. The third kappa shape index (κ3) is 4.59. The molecule has 0 aromatic carbocycles. The van der Waals surface area contributed by atoms with E-state index in [2.05, 4.69) is 20.6 Å². The molecule has 0 saturated heterocycles. The summed E-state index contributed by atoms with van der Waals surface area (Å²) in [5, 5.41) is 5.55. The van der Waals surface area contributed by atoms with Gasteiger partial charge in [0.25, 0.3) is 5.91 Å². The highest BCUT2D eigenvalue weighted by Gasteiger charge is 2.30. The van der Waals surface area contributed by atoms with Gasteiger partial charge in [-0.1, -0.05) is 6.07 Å². The Morgan fingerprint density at radius 3 is 2.66 bits per heavy atom. The second kappa shape index (κ2) is 8.11. The molecular formula is C19H20F3N5OS. The van der Waals surface area contributed by atoms with E-state index in [1.54, 1.807) is 22.3 Å². The van der Waals surface area contributed by atoms with Crippen molar-refractivity contribution in [2.45, 2.75) is 43.9 Å². The van der Waals surface area contributed by atoms with E-state index in [0.29, 0.717) is 37.2 Å². The van der Waals surface area contributed by atoms with Gasteiger partial charge < -0.3 is 10.6 Å². The van der Waals surface area contributed by atoms with Gasteiger partial charge in [-0.05, 0) is 37.8 Å². The quantitative estimate of drug-likeness (QED) is 0.657. The Morgan fingerprint density at radius 1 is 1.21 bits per heavy atom. The molecule has 0 radical (unpaired) electrons. The number of alkyl halides is 3. The molecule has 6 nitrogen and oxygen atoms in total. The van der Waals surface area contributed by atoms with Crippen molar-refractivity contribution in [3.63, 3.8) is 0 Å². The highest BCUT2D eigenvalue weighted by molar-refractivity contribution is 7.13. The van der Waals surface area contributed by atoms with Crippen LogP contribution in [0.25, 0.3) is 16.1 Å². The molecule has 0 unspecified atom stereocenters. The molecule has 1 fully saturated rings. The van der Waals surface area contributed by atoms with Crippen molar-refractivity contribution in [2.24, 2.45) is 0 Å². The lowest BCUT2D eigenvalue weighted by atomic mass is 9.91. The maximum atomic E-state index is 12.9. The Balaban J connectivity index is 1.43. The predicted molar refractivity (Wildman–Crippen MR) is 104 cm³/mol. The van der Waals surface area contributed by atoms with Gasteiger partial charge in [-0.15, -0.1) is 11.3 Å². The Kier molecular flexibility index (Phi) is 5.55. The molecule has 0 bridgehead atoms. The number of fused-ring (bicyclic) bond motifs is 1. The summed E-state index contributed by atoms with van der Waals surface area (Å²) in [6, 6.07) is 5.37. The van der Waals surface area contributed by atoms with E-state index in [9.17, 15) is 18.0 Å². The van der Waals surface area contributed by atoms with E-state index < -0.39 is 12.7 Å². The van der Waals surface area contributed by atoms with Crippen LogP contribution in [-0.2, 0) is 0 Å². The number of amides is 1. The summed E-state index contributed by atoms with van der Waals surface area (Å²) in [6.45, 7) is -0.977. The average Bonchev–Trinajstić information content (AvgIpc) is 3.34. The smallest absolute Gasteiger partial charge is 0.347 e. The first kappa shape index (κ1) is 19.8. The molecule has 1 aliphatic carbocycles. The number of thiazole rings is 1. The second-order valence-corrected chi connectivity index (χ2v) is 8.01. The van der Waals surface area contributed by atoms with Gasteiger partial charge in [-0.3, -0.25) is 14.2 Å². The van der Waals surface area contributed by atoms with Crippen LogP contribution in [0, 0.1) is 0 Å². The minimum atomic E-state index is -4.21. The molecule has 0 spiro atoms. The lowest BCUT2D eigenvalue weighted by molar-refractivity contribution is -0.126. The van der Waals surface area contributed by atoms with Gasteiger partial charge in [0.1, 0.15) is 5.69 Å². The summed E-state index contributed by atoms with van der Waals surface area (Å²) in [6.07, 6.45) is 1.75. The van der Waals surface area contributed by atoms with Gasteiger partial charge in [0, 0.05) is 24.5 Å². The first-order valence-corrected chi connectivity index (χ1v) is 10.3. The van der Waals surface area contributed by atoms with E-state index in [1.165, 1.54) is 11.3 Å². The largest absolute Gasteiger partial charge is 0.401 e. The van der Waals surface area contributed by atoms with Gasteiger partial charge in [-0.25, -0.2) is 4.98 Å². The SMILES string of the molecule is O=C(NC1CCC(NCC(F)(F)F)CC1)c1nc(-c2cncs2)c2ccccn12. The molecule has 3 aromatic heterocycles. The zero-order valence-electron chi connectivity index (χ0n) is 15.4. The van der Waals surface area contributed by atoms with Crippen molar-refractivity contribution < 1.29 is 18.0 Å². The number of carbonyl (C=O) groups is 1. The minimum absolute atomic E-state index is 0.0747. The molecule has 3 heterocycles. The monoisotopic (exact) mass is 423 g/mol. The number of imidazole rings is 1. The molecule has 4 rings (SSSR count). The molecule has 1 saturated carbocycles. The van der Waals surface area contributed by atoms with Gasteiger partial charge >= 0.3 is 6.18 Å². The molecule has 1 aliphatic rings. The molecule has 2 N–H and O–H groups in total. The molecule has 0 atom stereocenters. The maximum Gasteiger partial charge on any atom is 0.401 e. The fourth-order valence-electron chi connectivity index (χ4n) is 3.66. The Bertz CT molecular complexity index is 978. The zero-order valence-corrected chi connectivity index (χ0v) is 16.3. The number of halogens is 3. The number of rotatable bonds is 5.